The van der Waals surface area contributed by atoms with Crippen LogP contribution >= 0.6 is 11.6 Å². The highest BCUT2D eigenvalue weighted by Gasteiger charge is 2.17. The van der Waals surface area contributed by atoms with Gasteiger partial charge in [0.15, 0.2) is 0 Å². The molecule has 0 aliphatic heterocycles. The van der Waals surface area contributed by atoms with Crippen LogP contribution in [-0.4, -0.2) is 21.5 Å². The summed E-state index contributed by atoms with van der Waals surface area (Å²) in [6.07, 6.45) is 3.77. The summed E-state index contributed by atoms with van der Waals surface area (Å²) < 4.78 is 15.5. The average molecular weight is 326 g/mol. The summed E-state index contributed by atoms with van der Waals surface area (Å²) in [7, 11) is 0. The molecule has 0 saturated heterocycles. The van der Waals surface area contributed by atoms with Gasteiger partial charge in [0.25, 0.3) is 0 Å². The first-order valence-electron chi connectivity index (χ1n) is 7.28. The Balaban J connectivity index is 2.12. The number of aliphatic hydroxyl groups excluding tert-OH is 1. The van der Waals surface area contributed by atoms with Gasteiger partial charge in [0, 0.05) is 23.8 Å². The summed E-state index contributed by atoms with van der Waals surface area (Å²) in [5.74, 6) is -0.486. The molecule has 0 aliphatic carbocycles. The van der Waals surface area contributed by atoms with Gasteiger partial charge in [-0.25, -0.2) is 4.39 Å². The number of hydrogen-bond acceptors (Lipinski definition) is 3. The molecular formula is C16H21ClFN3O. The first-order chi connectivity index (χ1) is 10.4. The van der Waals surface area contributed by atoms with Gasteiger partial charge < -0.3 is 10.4 Å². The minimum absolute atomic E-state index is 0.0246. The molecule has 120 valence electrons. The topological polar surface area (TPSA) is 50.1 Å². The van der Waals surface area contributed by atoms with Gasteiger partial charge in [-0.05, 0) is 38.5 Å². The van der Waals surface area contributed by atoms with Crippen LogP contribution in [0.25, 0.3) is 0 Å². The number of benzene rings is 1. The third kappa shape index (κ3) is 3.85. The van der Waals surface area contributed by atoms with E-state index in [0.29, 0.717) is 11.6 Å². The van der Waals surface area contributed by atoms with Crippen molar-refractivity contribution >= 4 is 11.6 Å². The van der Waals surface area contributed by atoms with Crippen molar-refractivity contribution in [2.45, 2.75) is 38.9 Å². The molecule has 0 bridgehead atoms. The molecule has 1 heterocycles. The number of nitrogens with one attached hydrogen (secondary N) is 1. The van der Waals surface area contributed by atoms with Crippen molar-refractivity contribution in [3.05, 3.63) is 52.6 Å². The molecule has 6 heteroatoms. The zero-order valence-electron chi connectivity index (χ0n) is 12.9. The summed E-state index contributed by atoms with van der Waals surface area (Å²) in [6.45, 7) is 5.96. The van der Waals surface area contributed by atoms with Crippen molar-refractivity contribution in [1.82, 2.24) is 15.1 Å². The van der Waals surface area contributed by atoms with E-state index in [2.05, 4.69) is 24.3 Å². The van der Waals surface area contributed by atoms with Gasteiger partial charge in [-0.15, -0.1) is 0 Å². The monoisotopic (exact) mass is 325 g/mol. The van der Waals surface area contributed by atoms with E-state index in [-0.39, 0.29) is 23.7 Å². The normalized spacial score (nSPS) is 14.3. The molecule has 2 rings (SSSR count). The number of aromatic nitrogens is 2. The van der Waals surface area contributed by atoms with Crippen LogP contribution in [0.1, 0.15) is 50.0 Å². The van der Waals surface area contributed by atoms with E-state index < -0.39 is 5.82 Å². The Morgan fingerprint density at radius 1 is 1.32 bits per heavy atom. The van der Waals surface area contributed by atoms with E-state index >= 15 is 0 Å². The summed E-state index contributed by atoms with van der Waals surface area (Å²) >= 11 is 5.69. The van der Waals surface area contributed by atoms with Crippen LogP contribution in [0.5, 0.6) is 0 Å². The molecule has 22 heavy (non-hydrogen) atoms. The fourth-order valence-corrected chi connectivity index (χ4v) is 2.36. The maximum absolute atomic E-state index is 13.6. The predicted octanol–water partition coefficient (Wildman–Crippen LogP) is 3.64. The lowest BCUT2D eigenvalue weighted by atomic mass is 10.1. The second-order valence-electron chi connectivity index (χ2n) is 5.64. The van der Waals surface area contributed by atoms with Crippen molar-refractivity contribution in [3.8, 4) is 0 Å². The van der Waals surface area contributed by atoms with Crippen LogP contribution in [0.2, 0.25) is 5.02 Å². The summed E-state index contributed by atoms with van der Waals surface area (Å²) in [6, 6.07) is 4.45. The molecule has 0 radical (unpaired) electrons. The third-order valence-electron chi connectivity index (χ3n) is 3.63. The Bertz CT molecular complexity index is 630. The van der Waals surface area contributed by atoms with Gasteiger partial charge in [-0.3, -0.25) is 4.68 Å². The van der Waals surface area contributed by atoms with Crippen LogP contribution in [0.3, 0.4) is 0 Å². The number of rotatable bonds is 6. The minimum atomic E-state index is -0.486. The molecule has 2 N–H and O–H groups in total. The third-order valence-corrected chi connectivity index (χ3v) is 3.94. The Morgan fingerprint density at radius 3 is 2.59 bits per heavy atom. The minimum Gasteiger partial charge on any atom is -0.394 e. The molecule has 2 aromatic rings. The maximum Gasteiger partial charge on any atom is 0.142 e. The average Bonchev–Trinajstić information content (AvgIpc) is 2.97. The molecule has 0 spiro atoms. The van der Waals surface area contributed by atoms with Crippen LogP contribution in [-0.2, 0) is 0 Å². The van der Waals surface area contributed by atoms with Gasteiger partial charge in [-0.2, -0.15) is 5.10 Å². The van der Waals surface area contributed by atoms with Crippen LogP contribution in [0, 0.1) is 5.82 Å². The quantitative estimate of drug-likeness (QED) is 0.852. The van der Waals surface area contributed by atoms with Crippen molar-refractivity contribution < 1.29 is 9.50 Å². The van der Waals surface area contributed by atoms with Crippen molar-refractivity contribution in [3.63, 3.8) is 0 Å². The maximum atomic E-state index is 13.6. The number of halogens is 2. The van der Waals surface area contributed by atoms with E-state index in [1.807, 2.05) is 17.8 Å². The molecule has 0 aliphatic rings. The smallest absolute Gasteiger partial charge is 0.142 e. The highest BCUT2D eigenvalue weighted by molar-refractivity contribution is 6.30. The highest BCUT2D eigenvalue weighted by Crippen LogP contribution is 2.23. The SMILES string of the molecule is CC(C)n1cc([C@H](C)N[C@@H](CO)c2ccc(Cl)c(F)c2)cn1. The Kier molecular flexibility index (Phi) is 5.56. The fourth-order valence-electron chi connectivity index (χ4n) is 2.24. The van der Waals surface area contributed by atoms with Crippen LogP contribution in [0.15, 0.2) is 30.6 Å². The van der Waals surface area contributed by atoms with E-state index in [4.69, 9.17) is 11.6 Å². The molecule has 0 fully saturated rings. The van der Waals surface area contributed by atoms with E-state index in [9.17, 15) is 9.50 Å². The van der Waals surface area contributed by atoms with Crippen LogP contribution < -0.4 is 5.32 Å². The zero-order valence-corrected chi connectivity index (χ0v) is 13.7. The lowest BCUT2D eigenvalue weighted by Gasteiger charge is -2.21. The molecule has 0 saturated carbocycles. The zero-order chi connectivity index (χ0) is 16.3. The first-order valence-corrected chi connectivity index (χ1v) is 7.66. The van der Waals surface area contributed by atoms with E-state index in [1.165, 1.54) is 12.1 Å². The van der Waals surface area contributed by atoms with E-state index in [0.717, 1.165) is 5.56 Å². The predicted molar refractivity (Wildman–Crippen MR) is 85.4 cm³/mol. The summed E-state index contributed by atoms with van der Waals surface area (Å²) in [5, 5.41) is 17.3. The lowest BCUT2D eigenvalue weighted by molar-refractivity contribution is 0.235. The van der Waals surface area contributed by atoms with Gasteiger partial charge in [0.2, 0.25) is 0 Å². The molecule has 1 aromatic heterocycles. The van der Waals surface area contributed by atoms with Crippen molar-refractivity contribution in [2.75, 3.05) is 6.61 Å². The van der Waals surface area contributed by atoms with E-state index in [1.54, 1.807) is 12.3 Å². The Labute approximate surface area is 134 Å². The highest BCUT2D eigenvalue weighted by atomic mass is 35.5. The molecule has 0 unspecified atom stereocenters. The number of hydrogen-bond donors (Lipinski definition) is 2. The Hall–Kier alpha value is -1.43. The molecule has 2 atom stereocenters. The van der Waals surface area contributed by atoms with Gasteiger partial charge in [0.05, 0.1) is 23.9 Å². The molecule has 4 nitrogen and oxygen atoms in total. The standard InChI is InChI=1S/C16H21ClFN3O/c1-10(2)21-8-13(7-19-21)11(3)20-16(9-22)12-4-5-14(17)15(18)6-12/h4-8,10-11,16,20,22H,9H2,1-3H3/t11-,16-/m0/s1. The van der Waals surface area contributed by atoms with Gasteiger partial charge >= 0.3 is 0 Å². The summed E-state index contributed by atoms with van der Waals surface area (Å²) in [5.41, 5.74) is 1.68. The van der Waals surface area contributed by atoms with Crippen molar-refractivity contribution in [1.29, 1.82) is 0 Å². The Morgan fingerprint density at radius 2 is 2.05 bits per heavy atom. The largest absolute Gasteiger partial charge is 0.394 e. The second kappa shape index (κ2) is 7.22. The summed E-state index contributed by atoms with van der Waals surface area (Å²) in [4.78, 5) is 0. The second-order valence-corrected chi connectivity index (χ2v) is 6.05. The van der Waals surface area contributed by atoms with Crippen LogP contribution in [0.4, 0.5) is 4.39 Å². The van der Waals surface area contributed by atoms with Crippen molar-refractivity contribution in [2.24, 2.45) is 0 Å². The molecule has 0 amide bonds. The fraction of sp³-hybridized carbons (Fsp3) is 0.438. The molecular weight excluding hydrogens is 305 g/mol. The molecule has 1 aromatic carbocycles. The number of aliphatic hydroxyl groups is 1. The first kappa shape index (κ1) is 16.9. The number of nitrogens with zero attached hydrogens (tertiary/aromatic N) is 2. The lowest BCUT2D eigenvalue weighted by Crippen LogP contribution is -2.27. The van der Waals surface area contributed by atoms with Gasteiger partial charge in [-0.1, -0.05) is 17.7 Å². The van der Waals surface area contributed by atoms with Gasteiger partial charge in [0.1, 0.15) is 5.82 Å².